The lowest BCUT2D eigenvalue weighted by atomic mass is 9.59. The van der Waals surface area contributed by atoms with Crippen LogP contribution < -0.4 is 16.2 Å². The van der Waals surface area contributed by atoms with Crippen LogP contribution in [0.2, 0.25) is 0 Å². The molecule has 0 fully saturated rings. The standard InChI is InChI=1S/C50H41BN2OS/c1-49(2,3)28-15-18-30(19-16-28)52-38-22-17-29(50(4,5)6)25-35(38)32-20-21-34-45-39(23-24-42-46(45)33-12-7-9-13-41(33)54-42)53-40-26-36-31-11-8-10-14-43(31)55-44(36)27-37(40)51-47(32)48(34)53/h7-27,51-52H,1-6H3. The zero-order chi connectivity index (χ0) is 37.4. The van der Waals surface area contributed by atoms with Crippen LogP contribution in [0.3, 0.4) is 0 Å². The Morgan fingerprint density at radius 2 is 1.33 bits per heavy atom. The van der Waals surface area contributed by atoms with Crippen molar-refractivity contribution < 1.29 is 4.42 Å². The van der Waals surface area contributed by atoms with Crippen molar-refractivity contribution in [3.05, 3.63) is 139 Å². The third-order valence-electron chi connectivity index (χ3n) is 11.9. The number of hydrogen-bond acceptors (Lipinski definition) is 3. The number of anilines is 2. The highest BCUT2D eigenvalue weighted by molar-refractivity contribution is 7.26. The highest BCUT2D eigenvalue weighted by Crippen LogP contribution is 2.45. The number of fused-ring (bicyclic) bond motifs is 12. The molecule has 0 saturated heterocycles. The van der Waals surface area contributed by atoms with E-state index in [1.54, 1.807) is 0 Å². The summed E-state index contributed by atoms with van der Waals surface area (Å²) in [5.74, 6) is 0. The van der Waals surface area contributed by atoms with E-state index in [0.717, 1.165) is 35.2 Å². The molecule has 5 heteroatoms. The Balaban J connectivity index is 1.22. The van der Waals surface area contributed by atoms with Gasteiger partial charge in [0.1, 0.15) is 11.2 Å². The quantitative estimate of drug-likeness (QED) is 0.184. The van der Waals surface area contributed by atoms with Gasteiger partial charge in [-0.05, 0) is 93.6 Å². The third kappa shape index (κ3) is 4.89. The molecule has 3 nitrogen and oxygen atoms in total. The highest BCUT2D eigenvalue weighted by atomic mass is 32.1. The molecule has 55 heavy (non-hydrogen) atoms. The fourth-order valence-electron chi connectivity index (χ4n) is 9.05. The van der Waals surface area contributed by atoms with Crippen LogP contribution in [-0.2, 0) is 10.8 Å². The molecule has 7 aromatic carbocycles. The lowest BCUT2D eigenvalue weighted by molar-refractivity contribution is 0.590. The number of nitrogens with zero attached hydrogens (tertiary/aromatic N) is 1. The van der Waals surface area contributed by atoms with Gasteiger partial charge in [-0.25, -0.2) is 0 Å². The molecule has 4 heterocycles. The minimum atomic E-state index is -0.00873. The number of para-hydroxylation sites is 1. The summed E-state index contributed by atoms with van der Waals surface area (Å²) < 4.78 is 11.7. The van der Waals surface area contributed by atoms with Gasteiger partial charge in [-0.1, -0.05) is 114 Å². The third-order valence-corrected chi connectivity index (χ3v) is 13.1. The van der Waals surface area contributed by atoms with Crippen molar-refractivity contribution in [1.29, 1.82) is 0 Å². The molecule has 266 valence electrons. The minimum absolute atomic E-state index is 0.00873. The molecular weight excluding hydrogens is 687 g/mol. The molecule has 10 aromatic rings. The van der Waals surface area contributed by atoms with Gasteiger partial charge in [-0.2, -0.15) is 0 Å². The largest absolute Gasteiger partial charge is 0.456 e. The summed E-state index contributed by atoms with van der Waals surface area (Å²) in [6.45, 7) is 13.7. The molecule has 0 amide bonds. The Kier molecular flexibility index (Phi) is 6.75. The predicted molar refractivity (Wildman–Crippen MR) is 240 cm³/mol. The van der Waals surface area contributed by atoms with Crippen molar-refractivity contribution in [2.24, 2.45) is 0 Å². The summed E-state index contributed by atoms with van der Waals surface area (Å²) in [4.78, 5) is 0. The molecule has 0 saturated carbocycles. The van der Waals surface area contributed by atoms with Gasteiger partial charge in [-0.3, -0.25) is 0 Å². The molecule has 0 aliphatic carbocycles. The number of rotatable bonds is 3. The molecule has 0 atom stereocenters. The van der Waals surface area contributed by atoms with E-state index in [1.807, 2.05) is 11.3 Å². The predicted octanol–water partition coefficient (Wildman–Crippen LogP) is 12.8. The maximum atomic E-state index is 6.48. The van der Waals surface area contributed by atoms with Crippen LogP contribution in [0.4, 0.5) is 11.4 Å². The van der Waals surface area contributed by atoms with Crippen molar-refractivity contribution in [2.45, 2.75) is 52.4 Å². The van der Waals surface area contributed by atoms with Gasteiger partial charge < -0.3 is 14.3 Å². The Morgan fingerprint density at radius 3 is 2.13 bits per heavy atom. The van der Waals surface area contributed by atoms with Gasteiger partial charge in [0.15, 0.2) is 7.28 Å². The maximum Gasteiger partial charge on any atom is 0.198 e. The molecule has 0 bridgehead atoms. The molecule has 1 aliphatic rings. The number of benzene rings is 7. The monoisotopic (exact) mass is 728 g/mol. The van der Waals surface area contributed by atoms with Gasteiger partial charge in [0.05, 0.1) is 5.52 Å². The van der Waals surface area contributed by atoms with Gasteiger partial charge in [0.2, 0.25) is 0 Å². The normalized spacial score (nSPS) is 13.1. The van der Waals surface area contributed by atoms with Crippen molar-refractivity contribution in [3.8, 4) is 16.8 Å². The van der Waals surface area contributed by atoms with Crippen LogP contribution in [0.1, 0.15) is 52.7 Å². The van der Waals surface area contributed by atoms with E-state index in [-0.39, 0.29) is 10.8 Å². The molecule has 1 aliphatic heterocycles. The van der Waals surface area contributed by atoms with E-state index in [4.69, 9.17) is 4.42 Å². The van der Waals surface area contributed by atoms with E-state index in [9.17, 15) is 0 Å². The summed E-state index contributed by atoms with van der Waals surface area (Å²) >= 11 is 1.90. The average molecular weight is 729 g/mol. The second kappa shape index (κ2) is 11.4. The lowest BCUT2D eigenvalue weighted by Gasteiger charge is -2.26. The topological polar surface area (TPSA) is 30.1 Å². The SMILES string of the molecule is CC(C)(C)c1ccc(Nc2ccc(C(C)(C)C)cc2-c2ccc3c4c5c(ccc4n4c3c2Bc2cc3sc6ccccc6c3cc2-4)oc2ccccc25)cc1. The van der Waals surface area contributed by atoms with Crippen molar-refractivity contribution in [2.75, 3.05) is 5.32 Å². The van der Waals surface area contributed by atoms with Crippen LogP contribution in [0.15, 0.2) is 132 Å². The Hall–Kier alpha value is -5.78. The van der Waals surface area contributed by atoms with Crippen LogP contribution in [-0.4, -0.2) is 11.8 Å². The number of nitrogens with one attached hydrogen (secondary N) is 1. The summed E-state index contributed by atoms with van der Waals surface area (Å²) in [6.07, 6.45) is 0. The van der Waals surface area contributed by atoms with E-state index in [1.165, 1.54) is 86.2 Å². The minimum Gasteiger partial charge on any atom is -0.456 e. The summed E-state index contributed by atoms with van der Waals surface area (Å²) in [5, 5.41) is 11.4. The van der Waals surface area contributed by atoms with Crippen LogP contribution >= 0.6 is 11.3 Å². The van der Waals surface area contributed by atoms with E-state index in [0.29, 0.717) is 0 Å². The molecule has 1 N–H and O–H groups in total. The first-order chi connectivity index (χ1) is 26.5. The molecule has 3 aromatic heterocycles. The second-order valence-electron chi connectivity index (χ2n) is 17.5. The molecule has 11 rings (SSSR count). The van der Waals surface area contributed by atoms with Crippen LogP contribution in [0, 0.1) is 0 Å². The van der Waals surface area contributed by atoms with Crippen LogP contribution in [0.25, 0.3) is 80.7 Å². The number of hydrogen-bond donors (Lipinski definition) is 1. The van der Waals surface area contributed by atoms with Gasteiger partial charge in [-0.15, -0.1) is 11.3 Å². The van der Waals surface area contributed by atoms with Gasteiger partial charge >= 0.3 is 0 Å². The van der Waals surface area contributed by atoms with Crippen molar-refractivity contribution in [3.63, 3.8) is 0 Å². The number of thiophene rings is 1. The van der Waals surface area contributed by atoms with Crippen molar-refractivity contribution >= 4 is 105 Å². The van der Waals surface area contributed by atoms with Crippen LogP contribution in [0.5, 0.6) is 0 Å². The summed E-state index contributed by atoms with van der Waals surface area (Å²) in [7, 11) is 0.845. The van der Waals surface area contributed by atoms with Gasteiger partial charge in [0, 0.05) is 69.9 Å². The zero-order valence-corrected chi connectivity index (χ0v) is 32.9. The fraction of sp³-hybridized carbons (Fsp3) is 0.160. The smallest absolute Gasteiger partial charge is 0.198 e. The average Bonchev–Trinajstić information content (AvgIpc) is 3.84. The number of furan rings is 1. The number of aromatic nitrogens is 1. The summed E-state index contributed by atoms with van der Waals surface area (Å²) in [5.41, 5.74) is 15.8. The molecule has 0 unspecified atom stereocenters. The first-order valence-corrected chi connectivity index (χ1v) is 20.2. The maximum absolute atomic E-state index is 6.48. The molecular formula is C50H41BN2OS. The fourth-order valence-corrected chi connectivity index (χ4v) is 10.2. The first kappa shape index (κ1) is 32.6. The van der Waals surface area contributed by atoms with E-state index in [2.05, 4.69) is 179 Å². The Bertz CT molecular complexity index is 3220. The van der Waals surface area contributed by atoms with Gasteiger partial charge in [0.25, 0.3) is 0 Å². The lowest BCUT2D eigenvalue weighted by Crippen LogP contribution is -2.37. The summed E-state index contributed by atoms with van der Waals surface area (Å²) in [6, 6.07) is 47.5. The van der Waals surface area contributed by atoms with E-state index >= 15 is 0 Å². The molecule has 0 radical (unpaired) electrons. The molecule has 0 spiro atoms. The highest BCUT2D eigenvalue weighted by Gasteiger charge is 2.29. The Labute approximate surface area is 325 Å². The second-order valence-corrected chi connectivity index (χ2v) is 18.6. The van der Waals surface area contributed by atoms with E-state index < -0.39 is 0 Å². The first-order valence-electron chi connectivity index (χ1n) is 19.4. The van der Waals surface area contributed by atoms with Crippen molar-refractivity contribution in [1.82, 2.24) is 4.57 Å². The zero-order valence-electron chi connectivity index (χ0n) is 32.1. The Morgan fingerprint density at radius 1 is 0.582 bits per heavy atom.